The van der Waals surface area contributed by atoms with Gasteiger partial charge in [0.1, 0.15) is 0 Å². The Kier molecular flexibility index (Phi) is 2.58. The summed E-state index contributed by atoms with van der Waals surface area (Å²) in [5, 5.41) is 0. The van der Waals surface area contributed by atoms with Crippen molar-refractivity contribution in [3.05, 3.63) is 0 Å². The molecule has 0 saturated heterocycles. The molecule has 0 unspecified atom stereocenters. The van der Waals surface area contributed by atoms with Crippen LogP contribution < -0.4 is 0 Å². The summed E-state index contributed by atoms with van der Waals surface area (Å²) in [6, 6.07) is 0. The maximum absolute atomic E-state index is 11.0. The van der Waals surface area contributed by atoms with Crippen LogP contribution in [0.1, 0.15) is 0 Å². The lowest BCUT2D eigenvalue weighted by molar-refractivity contribution is -0.128. The molecule has 0 atom stereocenters. The predicted octanol–water partition coefficient (Wildman–Crippen LogP) is 0.114. The summed E-state index contributed by atoms with van der Waals surface area (Å²) in [6.45, 7) is 0. The molecule has 0 aliphatic carbocycles. The second-order valence-electron chi connectivity index (χ2n) is 0.842. The Bertz CT molecular complexity index is 138. The highest BCUT2D eigenvalue weighted by Gasteiger charge is 2.12. The van der Waals surface area contributed by atoms with E-state index in [4.69, 9.17) is 4.79 Å². The van der Waals surface area contributed by atoms with E-state index in [2.05, 4.69) is 4.99 Å². The van der Waals surface area contributed by atoms with E-state index in [0.29, 0.717) is 6.08 Å². The summed E-state index contributed by atoms with van der Waals surface area (Å²) < 4.78 is 22.0. The van der Waals surface area contributed by atoms with Gasteiger partial charge in [-0.1, -0.05) is 0 Å². The normalized spacial score (nSPS) is 8.38. The fourth-order valence-electron chi connectivity index (χ4n) is 0.0938. The van der Waals surface area contributed by atoms with Crippen molar-refractivity contribution in [3.63, 3.8) is 0 Å². The van der Waals surface area contributed by atoms with E-state index in [1.165, 1.54) is 0 Å². The van der Waals surface area contributed by atoms with Crippen molar-refractivity contribution < 1.29 is 18.4 Å². The van der Waals surface area contributed by atoms with Crippen LogP contribution in [0.4, 0.5) is 8.78 Å². The molecule has 0 aromatic heterocycles. The van der Waals surface area contributed by atoms with Crippen LogP contribution in [-0.4, -0.2) is 18.4 Å². The number of carbonyl (C=O) groups excluding carboxylic acids is 2. The van der Waals surface area contributed by atoms with Crippen LogP contribution in [0.3, 0.4) is 0 Å². The topological polar surface area (TPSA) is 46.5 Å². The van der Waals surface area contributed by atoms with Crippen molar-refractivity contribution in [2.24, 2.45) is 4.99 Å². The molecule has 1 amide bonds. The highest BCUT2D eigenvalue weighted by atomic mass is 19.3. The molecule has 0 spiro atoms. The number of carbonyl (C=O) groups is 1. The third-order valence-electron chi connectivity index (χ3n) is 0.343. The van der Waals surface area contributed by atoms with Gasteiger partial charge in [-0.15, -0.1) is 4.99 Å². The first kappa shape index (κ1) is 6.91. The summed E-state index contributed by atoms with van der Waals surface area (Å²) >= 11 is 0. The number of nitrogens with zero attached hydrogens (tertiary/aromatic N) is 1. The van der Waals surface area contributed by atoms with Gasteiger partial charge in [-0.2, -0.15) is 8.78 Å². The molecule has 0 saturated carbocycles. The van der Waals surface area contributed by atoms with Gasteiger partial charge in [0.25, 0.3) is 0 Å². The van der Waals surface area contributed by atoms with Gasteiger partial charge in [0.05, 0.1) is 0 Å². The predicted molar refractivity (Wildman–Crippen MR) is 19.1 cm³/mol. The van der Waals surface area contributed by atoms with E-state index < -0.39 is 12.3 Å². The Hall–Kier alpha value is -1.09. The molecule has 0 aliphatic heterocycles. The molecule has 0 N–H and O–H groups in total. The molecule has 3 nitrogen and oxygen atoms in total. The second-order valence-corrected chi connectivity index (χ2v) is 0.842. The lowest BCUT2D eigenvalue weighted by Crippen LogP contribution is -2.04. The van der Waals surface area contributed by atoms with Crippen molar-refractivity contribution in [3.8, 4) is 0 Å². The zero-order valence-corrected chi connectivity index (χ0v) is 3.60. The summed E-state index contributed by atoms with van der Waals surface area (Å²) in [5.74, 6) is -1.75. The Labute approximate surface area is 43.0 Å². The molecule has 0 aliphatic rings. The van der Waals surface area contributed by atoms with Crippen molar-refractivity contribution in [1.82, 2.24) is 0 Å². The maximum atomic E-state index is 11.0. The fourth-order valence-corrected chi connectivity index (χ4v) is 0.0938. The van der Waals surface area contributed by atoms with Crippen molar-refractivity contribution >= 4 is 12.0 Å². The third kappa shape index (κ3) is 2.15. The van der Waals surface area contributed by atoms with Crippen LogP contribution >= 0.6 is 0 Å². The number of amides is 1. The standard InChI is InChI=1S/C3HF2NO2/c4-2(5)3(8)6-1-7/h2H. The van der Waals surface area contributed by atoms with Crippen molar-refractivity contribution in [2.75, 3.05) is 0 Å². The summed E-state index contributed by atoms with van der Waals surface area (Å²) in [5.41, 5.74) is 0. The summed E-state index contributed by atoms with van der Waals surface area (Å²) in [6.07, 6.45) is -2.50. The van der Waals surface area contributed by atoms with Crippen LogP contribution in [0.5, 0.6) is 0 Å². The molecular formula is C3HF2NO2. The smallest absolute Gasteiger partial charge is 0.265 e. The summed E-state index contributed by atoms with van der Waals surface area (Å²) in [7, 11) is 0. The average Bonchev–Trinajstić information content (AvgIpc) is 1.67. The first-order valence-electron chi connectivity index (χ1n) is 1.58. The quantitative estimate of drug-likeness (QED) is 0.365. The maximum Gasteiger partial charge on any atom is 0.323 e. The van der Waals surface area contributed by atoms with Gasteiger partial charge >= 0.3 is 12.3 Å². The van der Waals surface area contributed by atoms with Gasteiger partial charge in [-0.3, -0.25) is 4.79 Å². The first-order valence-corrected chi connectivity index (χ1v) is 1.58. The molecule has 8 heavy (non-hydrogen) atoms. The van der Waals surface area contributed by atoms with Gasteiger partial charge in [0, 0.05) is 0 Å². The molecule has 0 fully saturated rings. The van der Waals surface area contributed by atoms with Gasteiger partial charge in [0.15, 0.2) is 0 Å². The molecule has 0 aromatic rings. The number of isocyanates is 1. The number of alkyl halides is 2. The number of aliphatic imine (C=N–C) groups is 1. The minimum absolute atomic E-state index is 0.694. The molecule has 44 valence electrons. The molecule has 0 rings (SSSR count). The van der Waals surface area contributed by atoms with Gasteiger partial charge in [-0.05, 0) is 0 Å². The van der Waals surface area contributed by atoms with Crippen LogP contribution in [0, 0.1) is 0 Å². The largest absolute Gasteiger partial charge is 0.323 e. The number of hydrogen-bond donors (Lipinski definition) is 0. The third-order valence-corrected chi connectivity index (χ3v) is 0.343. The van der Waals surface area contributed by atoms with Crippen LogP contribution in [0.25, 0.3) is 0 Å². The zero-order valence-electron chi connectivity index (χ0n) is 3.60. The van der Waals surface area contributed by atoms with E-state index in [9.17, 15) is 13.6 Å². The fraction of sp³-hybridized carbons (Fsp3) is 0.333. The Morgan fingerprint density at radius 3 is 2.25 bits per heavy atom. The van der Waals surface area contributed by atoms with Crippen molar-refractivity contribution in [1.29, 1.82) is 0 Å². The highest BCUT2D eigenvalue weighted by Crippen LogP contribution is 1.92. The lowest BCUT2D eigenvalue weighted by atomic mass is 10.7. The van der Waals surface area contributed by atoms with Crippen LogP contribution in [0.2, 0.25) is 0 Å². The van der Waals surface area contributed by atoms with Crippen LogP contribution in [0.15, 0.2) is 4.99 Å². The van der Waals surface area contributed by atoms with Crippen molar-refractivity contribution in [2.45, 2.75) is 6.43 Å². The number of rotatable bonds is 1. The molecule has 5 heteroatoms. The molecule has 0 radical (unpaired) electrons. The average molecular weight is 121 g/mol. The number of halogens is 2. The zero-order chi connectivity index (χ0) is 6.57. The molecular weight excluding hydrogens is 120 g/mol. The molecule has 0 heterocycles. The number of hydrogen-bond acceptors (Lipinski definition) is 2. The van der Waals surface area contributed by atoms with E-state index in [1.807, 2.05) is 0 Å². The van der Waals surface area contributed by atoms with Gasteiger partial charge in [0.2, 0.25) is 6.08 Å². The minimum Gasteiger partial charge on any atom is -0.265 e. The Morgan fingerprint density at radius 2 is 2.12 bits per heavy atom. The Balaban J connectivity index is 3.84. The van der Waals surface area contributed by atoms with E-state index in [-0.39, 0.29) is 0 Å². The SMILES string of the molecule is O=C=NC(=O)C(F)F. The highest BCUT2D eigenvalue weighted by molar-refractivity contribution is 5.84. The second kappa shape index (κ2) is 2.98. The first-order chi connectivity index (χ1) is 3.68. The minimum atomic E-state index is -3.20. The van der Waals surface area contributed by atoms with Crippen LogP contribution in [-0.2, 0) is 9.59 Å². The monoisotopic (exact) mass is 121 g/mol. The Morgan fingerprint density at radius 1 is 1.62 bits per heavy atom. The summed E-state index contributed by atoms with van der Waals surface area (Å²) in [4.78, 5) is 20.8. The molecule has 0 bridgehead atoms. The lowest BCUT2D eigenvalue weighted by Gasteiger charge is -1.82. The molecule has 0 aromatic carbocycles. The van der Waals surface area contributed by atoms with E-state index in [1.54, 1.807) is 0 Å². The van der Waals surface area contributed by atoms with Gasteiger partial charge in [-0.25, -0.2) is 4.79 Å². The van der Waals surface area contributed by atoms with E-state index in [0.717, 1.165) is 0 Å². The van der Waals surface area contributed by atoms with Gasteiger partial charge < -0.3 is 0 Å². The van der Waals surface area contributed by atoms with E-state index >= 15 is 0 Å².